The van der Waals surface area contributed by atoms with Gasteiger partial charge in [-0.25, -0.2) is 4.98 Å². The zero-order chi connectivity index (χ0) is 22.8. The molecule has 0 saturated carbocycles. The number of benzene rings is 1. The maximum atomic E-state index is 13.7. The molecule has 1 amide bonds. The van der Waals surface area contributed by atoms with Crippen molar-refractivity contribution in [1.82, 2.24) is 19.9 Å². The van der Waals surface area contributed by atoms with Crippen LogP contribution in [0.2, 0.25) is 0 Å². The predicted octanol–water partition coefficient (Wildman–Crippen LogP) is 3.45. The third-order valence-corrected chi connectivity index (χ3v) is 7.01. The van der Waals surface area contributed by atoms with Crippen LogP contribution in [0.1, 0.15) is 31.4 Å². The summed E-state index contributed by atoms with van der Waals surface area (Å²) >= 11 is 0. The summed E-state index contributed by atoms with van der Waals surface area (Å²) in [7, 11) is 3.21. The fraction of sp³-hybridized carbons (Fsp3) is 0.440. The number of likely N-dealkylation sites (tertiary alicyclic amines) is 1. The average Bonchev–Trinajstić information content (AvgIpc) is 2.87. The van der Waals surface area contributed by atoms with Gasteiger partial charge < -0.3 is 19.3 Å². The van der Waals surface area contributed by atoms with Gasteiger partial charge in [-0.1, -0.05) is 12.1 Å². The molecule has 0 radical (unpaired) electrons. The lowest BCUT2D eigenvalue weighted by Gasteiger charge is -2.46. The minimum atomic E-state index is -0.314. The van der Waals surface area contributed by atoms with E-state index in [-0.39, 0.29) is 11.3 Å². The molecular weight excluding hydrogens is 418 g/mol. The first-order valence-electron chi connectivity index (χ1n) is 11.5. The summed E-state index contributed by atoms with van der Waals surface area (Å²) in [5, 5.41) is 0. The second kappa shape index (κ2) is 8.84. The highest BCUT2D eigenvalue weighted by atomic mass is 16.5. The van der Waals surface area contributed by atoms with Gasteiger partial charge in [-0.15, -0.1) is 0 Å². The van der Waals surface area contributed by atoms with E-state index in [1.165, 1.54) is 0 Å². The molecule has 33 heavy (non-hydrogen) atoms. The van der Waals surface area contributed by atoms with Gasteiger partial charge in [-0.2, -0.15) is 0 Å². The van der Waals surface area contributed by atoms with Crippen molar-refractivity contribution in [1.29, 1.82) is 0 Å². The van der Waals surface area contributed by atoms with E-state index < -0.39 is 0 Å². The Morgan fingerprint density at radius 1 is 0.970 bits per heavy atom. The van der Waals surface area contributed by atoms with Crippen LogP contribution in [-0.4, -0.2) is 59.6 Å². The molecule has 1 aromatic carbocycles. The highest BCUT2D eigenvalue weighted by Crippen LogP contribution is 2.42. The molecule has 5 rings (SSSR count). The zero-order valence-electron chi connectivity index (χ0n) is 19.2. The van der Waals surface area contributed by atoms with Crippen LogP contribution in [0, 0.1) is 5.41 Å². The predicted molar refractivity (Wildman–Crippen MR) is 125 cm³/mol. The van der Waals surface area contributed by atoms with E-state index in [0.29, 0.717) is 18.0 Å². The number of hydrogen-bond acceptors (Lipinski definition) is 7. The fourth-order valence-electron chi connectivity index (χ4n) is 5.17. The number of carbonyl (C=O) groups excluding carboxylic acids is 1. The number of ether oxygens (including phenoxy) is 2. The van der Waals surface area contributed by atoms with E-state index in [1.807, 2.05) is 35.4 Å². The van der Waals surface area contributed by atoms with Crippen LogP contribution in [0.4, 0.5) is 5.82 Å². The SMILES string of the molecule is COc1ccnc(CN2CCCC3(CCN(c4cnc5ccccc5n4)CC3)C2=O)c1OC. The number of methoxy groups -OCH3 is 2. The van der Waals surface area contributed by atoms with Crippen LogP contribution in [0.15, 0.2) is 42.7 Å². The zero-order valence-corrected chi connectivity index (χ0v) is 19.2. The van der Waals surface area contributed by atoms with Crippen molar-refractivity contribution in [2.75, 3.05) is 38.8 Å². The molecule has 2 aliphatic heterocycles. The number of anilines is 1. The van der Waals surface area contributed by atoms with Gasteiger partial charge in [0, 0.05) is 31.9 Å². The molecule has 2 aliphatic rings. The average molecular weight is 448 g/mol. The molecule has 8 heteroatoms. The maximum absolute atomic E-state index is 13.7. The van der Waals surface area contributed by atoms with Gasteiger partial charge in [0.05, 0.1) is 43.4 Å². The van der Waals surface area contributed by atoms with Crippen LogP contribution in [0.25, 0.3) is 11.0 Å². The smallest absolute Gasteiger partial charge is 0.229 e. The number of rotatable bonds is 5. The van der Waals surface area contributed by atoms with Crippen molar-refractivity contribution in [3.8, 4) is 11.5 Å². The molecule has 0 bridgehead atoms. The number of carbonyl (C=O) groups is 1. The van der Waals surface area contributed by atoms with E-state index in [1.54, 1.807) is 26.5 Å². The van der Waals surface area contributed by atoms with Crippen molar-refractivity contribution in [2.24, 2.45) is 5.41 Å². The van der Waals surface area contributed by atoms with Crippen molar-refractivity contribution in [3.63, 3.8) is 0 Å². The Bertz CT molecular complexity index is 1160. The molecule has 172 valence electrons. The number of para-hydroxylation sites is 2. The van der Waals surface area contributed by atoms with Gasteiger partial charge in [0.25, 0.3) is 0 Å². The van der Waals surface area contributed by atoms with E-state index in [9.17, 15) is 4.79 Å². The number of aromatic nitrogens is 3. The first-order valence-corrected chi connectivity index (χ1v) is 11.5. The molecule has 1 spiro atoms. The Morgan fingerprint density at radius 2 is 1.76 bits per heavy atom. The molecule has 2 saturated heterocycles. The highest BCUT2D eigenvalue weighted by molar-refractivity contribution is 5.84. The monoisotopic (exact) mass is 447 g/mol. The van der Waals surface area contributed by atoms with Gasteiger partial charge >= 0.3 is 0 Å². The van der Waals surface area contributed by atoms with Crippen LogP contribution >= 0.6 is 0 Å². The number of pyridine rings is 1. The Hall–Kier alpha value is -3.42. The quantitative estimate of drug-likeness (QED) is 0.593. The van der Waals surface area contributed by atoms with Crippen molar-refractivity contribution in [2.45, 2.75) is 32.2 Å². The lowest BCUT2D eigenvalue weighted by atomic mass is 9.71. The number of hydrogen-bond donors (Lipinski definition) is 0. The van der Waals surface area contributed by atoms with E-state index >= 15 is 0 Å². The summed E-state index contributed by atoms with van der Waals surface area (Å²) in [6, 6.07) is 9.68. The summed E-state index contributed by atoms with van der Waals surface area (Å²) in [5.41, 5.74) is 2.21. The van der Waals surface area contributed by atoms with Crippen molar-refractivity contribution < 1.29 is 14.3 Å². The topological polar surface area (TPSA) is 80.7 Å². The van der Waals surface area contributed by atoms with Gasteiger partial charge in [-0.05, 0) is 37.8 Å². The maximum Gasteiger partial charge on any atom is 0.229 e. The fourth-order valence-corrected chi connectivity index (χ4v) is 5.17. The molecule has 0 N–H and O–H groups in total. The van der Waals surface area contributed by atoms with Crippen LogP contribution in [-0.2, 0) is 11.3 Å². The number of nitrogens with zero attached hydrogens (tertiary/aromatic N) is 5. The first kappa shape index (κ1) is 21.4. The highest BCUT2D eigenvalue weighted by Gasteiger charge is 2.46. The molecule has 2 fully saturated rings. The van der Waals surface area contributed by atoms with E-state index in [2.05, 4.69) is 14.9 Å². The van der Waals surface area contributed by atoms with E-state index in [0.717, 1.165) is 67.9 Å². The first-order chi connectivity index (χ1) is 16.1. The largest absolute Gasteiger partial charge is 0.493 e. The molecule has 0 atom stereocenters. The second-order valence-electron chi connectivity index (χ2n) is 8.81. The number of amides is 1. The van der Waals surface area contributed by atoms with Crippen LogP contribution in [0.5, 0.6) is 11.5 Å². The summed E-state index contributed by atoms with van der Waals surface area (Å²) in [6.07, 6.45) is 7.11. The summed E-state index contributed by atoms with van der Waals surface area (Å²) in [6.45, 7) is 2.77. The third kappa shape index (κ3) is 3.94. The number of fused-ring (bicyclic) bond motifs is 1. The molecule has 2 aromatic heterocycles. The Labute approximate surface area is 193 Å². The molecule has 0 aliphatic carbocycles. The molecule has 3 aromatic rings. The second-order valence-corrected chi connectivity index (χ2v) is 8.81. The minimum Gasteiger partial charge on any atom is -0.493 e. The Morgan fingerprint density at radius 3 is 2.52 bits per heavy atom. The van der Waals surface area contributed by atoms with Gasteiger partial charge in [0.2, 0.25) is 5.91 Å². The van der Waals surface area contributed by atoms with Crippen LogP contribution < -0.4 is 14.4 Å². The van der Waals surface area contributed by atoms with E-state index in [4.69, 9.17) is 14.5 Å². The van der Waals surface area contributed by atoms with Crippen molar-refractivity contribution in [3.05, 3.63) is 48.4 Å². The van der Waals surface area contributed by atoms with Gasteiger partial charge in [0.1, 0.15) is 11.5 Å². The molecule has 0 unspecified atom stereocenters. The minimum absolute atomic E-state index is 0.227. The summed E-state index contributed by atoms with van der Waals surface area (Å²) in [5.74, 6) is 2.34. The lowest BCUT2D eigenvalue weighted by Crippen LogP contribution is -2.53. The van der Waals surface area contributed by atoms with Gasteiger partial charge in [-0.3, -0.25) is 14.8 Å². The third-order valence-electron chi connectivity index (χ3n) is 7.01. The standard InChI is InChI=1S/C25H29N5O3/c1-32-21-8-12-26-20(23(21)33-2)17-30-13-5-9-25(24(30)31)10-14-29(15-11-25)22-16-27-18-6-3-4-7-19(18)28-22/h3-4,6-8,12,16H,5,9-11,13-15,17H2,1-2H3. The summed E-state index contributed by atoms with van der Waals surface area (Å²) < 4.78 is 10.9. The number of piperidine rings is 2. The molecular formula is C25H29N5O3. The Kier molecular flexibility index (Phi) is 5.74. The normalized spacial score (nSPS) is 18.1. The molecule has 8 nitrogen and oxygen atoms in total. The molecule has 4 heterocycles. The lowest BCUT2D eigenvalue weighted by molar-refractivity contribution is -0.148. The Balaban J connectivity index is 1.30. The van der Waals surface area contributed by atoms with Crippen molar-refractivity contribution >= 4 is 22.8 Å². The van der Waals surface area contributed by atoms with Gasteiger partial charge in [0.15, 0.2) is 11.5 Å². The summed E-state index contributed by atoms with van der Waals surface area (Å²) in [4.78, 5) is 31.7. The van der Waals surface area contributed by atoms with Crippen LogP contribution in [0.3, 0.4) is 0 Å².